The highest BCUT2D eigenvalue weighted by Gasteiger charge is 2.24. The average molecular weight is 905 g/mol. The number of hydrogen-bond acceptors (Lipinski definition) is 2. The van der Waals surface area contributed by atoms with Gasteiger partial charge in [0.15, 0.2) is 0 Å². The second-order valence-corrected chi connectivity index (χ2v) is 18.4. The maximum Gasteiger partial charge on any atom is 0.143 e. The Bertz CT molecular complexity index is 4300. The van der Waals surface area contributed by atoms with E-state index in [0.29, 0.717) is 0 Å². The molecule has 0 spiro atoms. The van der Waals surface area contributed by atoms with Crippen molar-refractivity contribution in [3.8, 4) is 50.2 Å². The standard InChI is InChI=1S/C68H44N2O/c1-2-18-46(19-3-1)53-41-38-49(62-43-48-20-4-5-23-52(48)54-24-6-7-25-55(54)62)44-66(53)69(65-34-14-10-28-58(65)60-30-17-31-61-59-29-11-15-35-67(59)71-68(60)61)50-39-36-45(37-40-50)47-21-16-22-51(42-47)70-63-32-12-8-26-56(63)57-27-9-13-33-64(57)70/h1-44H. The van der Waals surface area contributed by atoms with Gasteiger partial charge >= 0.3 is 0 Å². The number of para-hydroxylation sites is 5. The lowest BCUT2D eigenvalue weighted by atomic mass is 9.91. The SMILES string of the molecule is c1ccc(-c2ccc(-c3cc4ccccc4c4ccccc34)cc2N(c2ccc(-c3cccc(-n4c5ccccc5c5ccccc54)c3)cc2)c2ccccc2-c2cccc3c2oc2ccccc23)cc1. The molecule has 0 bridgehead atoms. The molecule has 2 aromatic heterocycles. The number of rotatable bonds is 8. The molecule has 0 saturated heterocycles. The second kappa shape index (κ2) is 16.7. The van der Waals surface area contributed by atoms with Crippen LogP contribution in [0.5, 0.6) is 0 Å². The summed E-state index contributed by atoms with van der Waals surface area (Å²) in [6.07, 6.45) is 0. The molecule has 0 aliphatic rings. The Hall–Kier alpha value is -9.44. The van der Waals surface area contributed by atoms with Crippen LogP contribution in [0.2, 0.25) is 0 Å². The number of furan rings is 1. The largest absolute Gasteiger partial charge is 0.455 e. The van der Waals surface area contributed by atoms with Crippen molar-refractivity contribution in [2.75, 3.05) is 4.90 Å². The van der Waals surface area contributed by atoms with E-state index in [4.69, 9.17) is 4.42 Å². The van der Waals surface area contributed by atoms with Gasteiger partial charge in [-0.05, 0) is 110 Å². The van der Waals surface area contributed by atoms with Gasteiger partial charge in [-0.1, -0.05) is 206 Å². The summed E-state index contributed by atoms with van der Waals surface area (Å²) in [7, 11) is 0. The molecule has 0 unspecified atom stereocenters. The monoisotopic (exact) mass is 904 g/mol. The third-order valence-electron chi connectivity index (χ3n) is 14.4. The molecule has 3 heteroatoms. The maximum absolute atomic E-state index is 6.76. The Morgan fingerprint density at radius 1 is 0.296 bits per heavy atom. The zero-order valence-electron chi connectivity index (χ0n) is 38.7. The smallest absolute Gasteiger partial charge is 0.143 e. The molecule has 0 saturated carbocycles. The van der Waals surface area contributed by atoms with Crippen LogP contribution < -0.4 is 4.90 Å². The van der Waals surface area contributed by atoms with Gasteiger partial charge in [-0.15, -0.1) is 0 Å². The van der Waals surface area contributed by atoms with Crippen molar-refractivity contribution >= 4 is 82.4 Å². The van der Waals surface area contributed by atoms with Crippen molar-refractivity contribution < 1.29 is 4.42 Å². The van der Waals surface area contributed by atoms with Crippen molar-refractivity contribution in [1.29, 1.82) is 0 Å². The van der Waals surface area contributed by atoms with Crippen LogP contribution in [0, 0.1) is 0 Å². The molecule has 0 fully saturated rings. The number of benzene rings is 12. The zero-order chi connectivity index (χ0) is 46.8. The molecule has 332 valence electrons. The summed E-state index contributed by atoms with van der Waals surface area (Å²) in [5, 5.41) is 9.65. The van der Waals surface area contributed by atoms with Crippen LogP contribution in [0.3, 0.4) is 0 Å². The minimum absolute atomic E-state index is 0.874. The number of fused-ring (bicyclic) bond motifs is 9. The first-order valence-corrected chi connectivity index (χ1v) is 24.3. The van der Waals surface area contributed by atoms with Crippen LogP contribution in [0.25, 0.3) is 115 Å². The highest BCUT2D eigenvalue weighted by molar-refractivity contribution is 6.15. The van der Waals surface area contributed by atoms with E-state index in [9.17, 15) is 0 Å². The van der Waals surface area contributed by atoms with Gasteiger partial charge in [-0.3, -0.25) is 0 Å². The molecular weight excluding hydrogens is 861 g/mol. The summed E-state index contributed by atoms with van der Waals surface area (Å²) < 4.78 is 9.15. The van der Waals surface area contributed by atoms with Crippen molar-refractivity contribution in [2.24, 2.45) is 0 Å². The molecule has 2 heterocycles. The fraction of sp³-hybridized carbons (Fsp3) is 0. The number of hydrogen-bond donors (Lipinski definition) is 0. The predicted octanol–water partition coefficient (Wildman–Crippen LogP) is 19.1. The van der Waals surface area contributed by atoms with E-state index in [2.05, 4.69) is 270 Å². The Balaban J connectivity index is 0.990. The Morgan fingerprint density at radius 2 is 0.887 bits per heavy atom. The number of anilines is 3. The third kappa shape index (κ3) is 6.74. The molecular formula is C68H44N2O. The summed E-state index contributed by atoms with van der Waals surface area (Å²) in [5.74, 6) is 0. The average Bonchev–Trinajstić information content (AvgIpc) is 4.00. The van der Waals surface area contributed by atoms with Crippen LogP contribution in [0.1, 0.15) is 0 Å². The Labute approximate surface area is 411 Å². The fourth-order valence-electron chi connectivity index (χ4n) is 11.1. The van der Waals surface area contributed by atoms with Crippen LogP contribution in [-0.4, -0.2) is 4.57 Å². The summed E-state index contributed by atoms with van der Waals surface area (Å²) in [6.45, 7) is 0. The van der Waals surface area contributed by atoms with E-state index in [1.807, 2.05) is 6.07 Å². The Kier molecular flexibility index (Phi) is 9.53. The van der Waals surface area contributed by atoms with E-state index in [-0.39, 0.29) is 0 Å². The Morgan fingerprint density at radius 3 is 1.69 bits per heavy atom. The molecule has 0 aliphatic carbocycles. The van der Waals surface area contributed by atoms with E-state index < -0.39 is 0 Å². The minimum Gasteiger partial charge on any atom is -0.455 e. The van der Waals surface area contributed by atoms with Crippen molar-refractivity contribution in [1.82, 2.24) is 4.57 Å². The summed E-state index contributed by atoms with van der Waals surface area (Å²) in [4.78, 5) is 2.46. The van der Waals surface area contributed by atoms with E-state index >= 15 is 0 Å². The van der Waals surface area contributed by atoms with Crippen LogP contribution in [-0.2, 0) is 0 Å². The van der Waals surface area contributed by atoms with E-state index in [1.165, 1.54) is 48.9 Å². The minimum atomic E-state index is 0.874. The molecule has 0 amide bonds. The van der Waals surface area contributed by atoms with Gasteiger partial charge in [0.2, 0.25) is 0 Å². The number of nitrogens with zero attached hydrogens (tertiary/aromatic N) is 2. The van der Waals surface area contributed by atoms with Gasteiger partial charge in [0.25, 0.3) is 0 Å². The van der Waals surface area contributed by atoms with Crippen LogP contribution in [0.4, 0.5) is 17.1 Å². The second-order valence-electron chi connectivity index (χ2n) is 18.4. The molecule has 0 radical (unpaired) electrons. The summed E-state index contributed by atoms with van der Waals surface area (Å²) in [5.41, 5.74) is 17.4. The summed E-state index contributed by atoms with van der Waals surface area (Å²) >= 11 is 0. The first-order chi connectivity index (χ1) is 35.2. The van der Waals surface area contributed by atoms with E-state index in [1.54, 1.807) is 0 Å². The first kappa shape index (κ1) is 40.6. The molecule has 0 atom stereocenters. The van der Waals surface area contributed by atoms with Gasteiger partial charge in [0.05, 0.1) is 22.4 Å². The van der Waals surface area contributed by atoms with Gasteiger partial charge in [0, 0.05) is 49.6 Å². The van der Waals surface area contributed by atoms with Crippen molar-refractivity contribution in [2.45, 2.75) is 0 Å². The molecule has 12 aromatic carbocycles. The van der Waals surface area contributed by atoms with Crippen molar-refractivity contribution in [3.63, 3.8) is 0 Å². The highest BCUT2D eigenvalue weighted by Crippen LogP contribution is 2.49. The van der Waals surface area contributed by atoms with Gasteiger partial charge in [-0.25, -0.2) is 0 Å². The predicted molar refractivity (Wildman–Crippen MR) is 299 cm³/mol. The molecule has 71 heavy (non-hydrogen) atoms. The van der Waals surface area contributed by atoms with Gasteiger partial charge < -0.3 is 13.9 Å². The topological polar surface area (TPSA) is 21.3 Å². The zero-order valence-corrected chi connectivity index (χ0v) is 38.7. The van der Waals surface area contributed by atoms with Gasteiger partial charge in [0.1, 0.15) is 11.2 Å². The quantitative estimate of drug-likeness (QED) is 0.142. The lowest BCUT2D eigenvalue weighted by Crippen LogP contribution is -2.13. The lowest BCUT2D eigenvalue weighted by Gasteiger charge is -2.30. The molecule has 14 rings (SSSR count). The van der Waals surface area contributed by atoms with Crippen LogP contribution in [0.15, 0.2) is 271 Å². The van der Waals surface area contributed by atoms with Crippen LogP contribution >= 0.6 is 0 Å². The normalized spacial score (nSPS) is 11.7. The molecule has 0 N–H and O–H groups in total. The third-order valence-corrected chi connectivity index (χ3v) is 14.4. The summed E-state index contributed by atoms with van der Waals surface area (Å²) in [6, 6.07) is 96.8. The number of aromatic nitrogens is 1. The van der Waals surface area contributed by atoms with Crippen molar-refractivity contribution in [3.05, 3.63) is 267 Å². The lowest BCUT2D eigenvalue weighted by molar-refractivity contribution is 0.670. The molecule has 14 aromatic rings. The maximum atomic E-state index is 6.76. The molecule has 3 nitrogen and oxygen atoms in total. The first-order valence-electron chi connectivity index (χ1n) is 24.3. The van der Waals surface area contributed by atoms with E-state index in [0.717, 1.165) is 83.6 Å². The van der Waals surface area contributed by atoms with Gasteiger partial charge in [-0.2, -0.15) is 0 Å². The fourth-order valence-corrected chi connectivity index (χ4v) is 11.1. The molecule has 0 aliphatic heterocycles. The highest BCUT2D eigenvalue weighted by atomic mass is 16.3.